The van der Waals surface area contributed by atoms with E-state index in [0.29, 0.717) is 32.4 Å². The molecule has 0 aliphatic carbocycles. The van der Waals surface area contributed by atoms with Gasteiger partial charge in [0, 0.05) is 25.9 Å². The van der Waals surface area contributed by atoms with E-state index in [-0.39, 0.29) is 35.1 Å². The predicted octanol–water partition coefficient (Wildman–Crippen LogP) is 4.20. The average Bonchev–Trinajstić information content (AvgIpc) is 3.53. The van der Waals surface area contributed by atoms with Crippen molar-refractivity contribution in [2.24, 2.45) is 0 Å². The fraction of sp³-hybridized carbons (Fsp3) is 0.231. The Morgan fingerprint density at radius 3 is 1.08 bits per heavy atom. The highest BCUT2D eigenvalue weighted by molar-refractivity contribution is 6.23. The maximum absolute atomic E-state index is 13.5. The Morgan fingerprint density at radius 1 is 0.449 bits per heavy atom. The summed E-state index contributed by atoms with van der Waals surface area (Å²) in [6.07, 6.45) is 2.21. The zero-order valence-electron chi connectivity index (χ0n) is 26.8. The molecule has 0 unspecified atom stereocenters. The van der Waals surface area contributed by atoms with Gasteiger partial charge in [0.1, 0.15) is 12.1 Å². The number of unbranched alkanes of at least 4 members (excludes halogenated alkanes) is 2. The fourth-order valence-electron chi connectivity index (χ4n) is 6.34. The molecular formula is C39H36N4O6. The third kappa shape index (κ3) is 7.03. The summed E-state index contributed by atoms with van der Waals surface area (Å²) in [5, 5.41) is 5.79. The molecule has 4 aromatic carbocycles. The molecule has 0 fully saturated rings. The number of nitrogens with zero attached hydrogens (tertiary/aromatic N) is 2. The molecule has 2 heterocycles. The molecule has 4 aromatic rings. The van der Waals surface area contributed by atoms with E-state index in [9.17, 15) is 28.8 Å². The van der Waals surface area contributed by atoms with Gasteiger partial charge < -0.3 is 10.6 Å². The summed E-state index contributed by atoms with van der Waals surface area (Å²) < 4.78 is 0. The van der Waals surface area contributed by atoms with Crippen LogP contribution in [0.3, 0.4) is 0 Å². The number of amides is 6. The van der Waals surface area contributed by atoms with E-state index in [2.05, 4.69) is 10.6 Å². The molecule has 10 heteroatoms. The lowest BCUT2D eigenvalue weighted by atomic mass is 10.0. The highest BCUT2D eigenvalue weighted by Gasteiger charge is 2.43. The van der Waals surface area contributed by atoms with Gasteiger partial charge in [-0.3, -0.25) is 38.6 Å². The highest BCUT2D eigenvalue weighted by atomic mass is 16.2. The Hall–Kier alpha value is -5.90. The topological polar surface area (TPSA) is 133 Å². The van der Waals surface area contributed by atoms with Crippen molar-refractivity contribution >= 4 is 35.4 Å². The predicted molar refractivity (Wildman–Crippen MR) is 182 cm³/mol. The second kappa shape index (κ2) is 14.9. The molecule has 2 N–H and O–H groups in total. The first-order valence-corrected chi connectivity index (χ1v) is 16.4. The van der Waals surface area contributed by atoms with E-state index in [1.54, 1.807) is 48.5 Å². The van der Waals surface area contributed by atoms with Gasteiger partial charge in [-0.25, -0.2) is 0 Å². The monoisotopic (exact) mass is 656 g/mol. The minimum absolute atomic E-state index is 0.182. The summed E-state index contributed by atoms with van der Waals surface area (Å²) in [6.45, 7) is 0.625. The number of benzene rings is 4. The Bertz CT molecular complexity index is 1690. The van der Waals surface area contributed by atoms with Crippen LogP contribution in [-0.4, -0.2) is 70.4 Å². The summed E-state index contributed by atoms with van der Waals surface area (Å²) in [6, 6.07) is 29.6. The van der Waals surface area contributed by atoms with E-state index in [1.807, 2.05) is 60.7 Å². The molecule has 0 saturated carbocycles. The minimum Gasteiger partial charge on any atom is -0.354 e. The third-order valence-corrected chi connectivity index (χ3v) is 8.88. The first-order chi connectivity index (χ1) is 23.8. The van der Waals surface area contributed by atoms with E-state index in [0.717, 1.165) is 20.9 Å². The molecule has 0 bridgehead atoms. The summed E-state index contributed by atoms with van der Waals surface area (Å²) in [4.78, 5) is 81.9. The number of fused-ring (bicyclic) bond motifs is 2. The molecule has 6 amide bonds. The van der Waals surface area contributed by atoms with E-state index in [4.69, 9.17) is 0 Å². The van der Waals surface area contributed by atoms with Crippen molar-refractivity contribution in [3.8, 4) is 0 Å². The molecule has 49 heavy (non-hydrogen) atoms. The average molecular weight is 657 g/mol. The summed E-state index contributed by atoms with van der Waals surface area (Å²) in [7, 11) is 0. The van der Waals surface area contributed by atoms with Crippen LogP contribution < -0.4 is 10.6 Å². The number of carbonyl (C=O) groups excluding carboxylic acids is 6. The van der Waals surface area contributed by atoms with Crippen molar-refractivity contribution in [3.63, 3.8) is 0 Å². The van der Waals surface area contributed by atoms with Gasteiger partial charge in [0.25, 0.3) is 23.6 Å². The Labute approximate surface area is 284 Å². The molecule has 0 radical (unpaired) electrons. The van der Waals surface area contributed by atoms with Crippen LogP contribution in [0.5, 0.6) is 0 Å². The number of hydrogen-bond acceptors (Lipinski definition) is 6. The fourth-order valence-corrected chi connectivity index (χ4v) is 6.34. The lowest BCUT2D eigenvalue weighted by Gasteiger charge is -2.26. The van der Waals surface area contributed by atoms with Gasteiger partial charge in [0.2, 0.25) is 11.8 Å². The van der Waals surface area contributed by atoms with Crippen LogP contribution in [0, 0.1) is 0 Å². The van der Waals surface area contributed by atoms with Crippen molar-refractivity contribution in [2.45, 2.75) is 44.2 Å². The minimum atomic E-state index is -1.02. The molecule has 0 saturated heterocycles. The van der Waals surface area contributed by atoms with Crippen LogP contribution in [0.15, 0.2) is 109 Å². The Kier molecular flexibility index (Phi) is 10.0. The van der Waals surface area contributed by atoms with Crippen molar-refractivity contribution in [1.82, 2.24) is 20.4 Å². The quantitative estimate of drug-likeness (QED) is 0.154. The van der Waals surface area contributed by atoms with Crippen LogP contribution in [0.25, 0.3) is 0 Å². The van der Waals surface area contributed by atoms with Crippen molar-refractivity contribution in [1.29, 1.82) is 0 Å². The molecule has 2 aliphatic heterocycles. The van der Waals surface area contributed by atoms with Gasteiger partial charge in [0.05, 0.1) is 22.3 Å². The number of carbonyl (C=O) groups is 6. The Morgan fingerprint density at radius 2 is 0.755 bits per heavy atom. The van der Waals surface area contributed by atoms with Crippen LogP contribution in [0.4, 0.5) is 0 Å². The summed E-state index contributed by atoms with van der Waals surface area (Å²) in [5.41, 5.74) is 2.79. The van der Waals surface area contributed by atoms with Gasteiger partial charge in [-0.15, -0.1) is 0 Å². The second-order valence-corrected chi connectivity index (χ2v) is 12.1. The summed E-state index contributed by atoms with van der Waals surface area (Å²) in [5.74, 6) is -2.79. The molecule has 10 nitrogen and oxygen atoms in total. The van der Waals surface area contributed by atoms with Gasteiger partial charge >= 0.3 is 0 Å². The van der Waals surface area contributed by atoms with Crippen LogP contribution in [0.1, 0.15) is 71.8 Å². The van der Waals surface area contributed by atoms with Gasteiger partial charge in [-0.1, -0.05) is 84.9 Å². The molecule has 2 aliphatic rings. The lowest BCUT2D eigenvalue weighted by Crippen LogP contribution is -2.51. The van der Waals surface area contributed by atoms with Gasteiger partial charge in [-0.05, 0) is 54.7 Å². The summed E-state index contributed by atoms with van der Waals surface area (Å²) >= 11 is 0. The van der Waals surface area contributed by atoms with Gasteiger partial charge in [0.15, 0.2) is 0 Å². The number of nitrogens with one attached hydrogen (secondary N) is 2. The normalized spacial score (nSPS) is 14.8. The van der Waals surface area contributed by atoms with Crippen molar-refractivity contribution < 1.29 is 28.8 Å². The van der Waals surface area contributed by atoms with Crippen molar-refractivity contribution in [2.75, 3.05) is 13.1 Å². The molecular weight excluding hydrogens is 620 g/mol. The first-order valence-electron chi connectivity index (χ1n) is 16.4. The molecule has 6 rings (SSSR count). The second-order valence-electron chi connectivity index (χ2n) is 12.1. The van der Waals surface area contributed by atoms with Crippen LogP contribution in [-0.2, 0) is 22.4 Å². The van der Waals surface area contributed by atoms with E-state index in [1.165, 1.54) is 0 Å². The molecule has 2 atom stereocenters. The van der Waals surface area contributed by atoms with Crippen LogP contribution in [0.2, 0.25) is 0 Å². The lowest BCUT2D eigenvalue weighted by molar-refractivity contribution is -0.125. The molecule has 0 aromatic heterocycles. The maximum Gasteiger partial charge on any atom is 0.262 e. The zero-order chi connectivity index (χ0) is 34.3. The smallest absolute Gasteiger partial charge is 0.262 e. The van der Waals surface area contributed by atoms with Crippen molar-refractivity contribution in [3.05, 3.63) is 143 Å². The Balaban J connectivity index is 1.02. The maximum atomic E-state index is 13.5. The third-order valence-electron chi connectivity index (χ3n) is 8.88. The zero-order valence-corrected chi connectivity index (χ0v) is 26.8. The van der Waals surface area contributed by atoms with E-state index >= 15 is 0 Å². The number of rotatable bonds is 14. The standard InChI is InChI=1S/C39H36N4O6/c44-34(32(24-26-14-4-1-5-15-26)42-36(46)28-18-8-9-19-29(28)37(42)47)40-22-12-3-13-23-41-35(45)33(25-27-16-6-2-7-17-27)43-38(48)30-20-10-11-21-31(30)39(43)49/h1-2,4-11,14-21,32-33H,3,12-13,22-25H2,(H,40,44)(H,41,45)/t32-,33-/m1/s1. The number of imide groups is 2. The van der Waals surface area contributed by atoms with E-state index < -0.39 is 47.5 Å². The SMILES string of the molecule is O=C(NCCCCCNC(=O)[C@@H](Cc1ccccc1)N1C(=O)c2ccccc2C1=O)[C@@H](Cc1ccccc1)N1C(=O)c2ccccc2C1=O. The number of hydrogen-bond donors (Lipinski definition) is 2. The molecule has 248 valence electrons. The van der Waals surface area contributed by atoms with Crippen LogP contribution >= 0.6 is 0 Å². The highest BCUT2D eigenvalue weighted by Crippen LogP contribution is 2.27. The first kappa shape index (κ1) is 33.0. The molecule has 0 spiro atoms. The van der Waals surface area contributed by atoms with Gasteiger partial charge in [-0.2, -0.15) is 0 Å². The largest absolute Gasteiger partial charge is 0.354 e.